The van der Waals surface area contributed by atoms with Crippen molar-refractivity contribution in [2.45, 2.75) is 6.92 Å². The average Bonchev–Trinajstić information content (AvgIpc) is 2.89. The fraction of sp³-hybridized carbons (Fsp3) is 0.125. The zero-order valence-corrected chi connectivity index (χ0v) is 12.6. The zero-order chi connectivity index (χ0) is 15.5. The number of aromatic nitrogens is 1. The molecular formula is C16H13ClN2O3. The lowest BCUT2D eigenvalue weighted by atomic mass is 10.3. The molecule has 112 valence electrons. The van der Waals surface area contributed by atoms with Crippen molar-refractivity contribution in [3.8, 4) is 11.5 Å². The van der Waals surface area contributed by atoms with Crippen molar-refractivity contribution in [3.05, 3.63) is 48.4 Å². The number of anilines is 1. The van der Waals surface area contributed by atoms with Gasteiger partial charge in [-0.05, 0) is 19.1 Å². The van der Waals surface area contributed by atoms with Crippen molar-refractivity contribution in [3.63, 3.8) is 0 Å². The van der Waals surface area contributed by atoms with Crippen LogP contribution in [0.4, 0.5) is 5.69 Å². The number of hydrogen-bond acceptors (Lipinski definition) is 4. The molecule has 0 aliphatic rings. The van der Waals surface area contributed by atoms with Crippen molar-refractivity contribution in [1.82, 2.24) is 4.98 Å². The first-order valence-electron chi connectivity index (χ1n) is 6.64. The number of amides is 1. The minimum atomic E-state index is -0.272. The molecule has 1 N–H and O–H groups in total. The molecule has 0 saturated heterocycles. The normalized spacial score (nSPS) is 10.6. The Balaban J connectivity index is 1.88. The number of nitrogens with one attached hydrogen (secondary N) is 1. The molecule has 0 spiro atoms. The largest absolute Gasteiger partial charge is 0.456 e. The molecule has 0 saturated carbocycles. The predicted octanol–water partition coefficient (Wildman–Crippen LogP) is 4.11. The fourth-order valence-corrected chi connectivity index (χ4v) is 2.14. The molecule has 1 amide bonds. The second-order valence-electron chi connectivity index (χ2n) is 4.69. The number of halogens is 1. The van der Waals surface area contributed by atoms with Crippen molar-refractivity contribution >= 4 is 34.3 Å². The number of alkyl halides is 1. The first kappa shape index (κ1) is 14.4. The van der Waals surface area contributed by atoms with Gasteiger partial charge in [-0.15, -0.1) is 11.6 Å². The minimum Gasteiger partial charge on any atom is -0.456 e. The summed E-state index contributed by atoms with van der Waals surface area (Å²) in [6.45, 7) is 1.85. The molecule has 2 aromatic heterocycles. The van der Waals surface area contributed by atoms with Crippen LogP contribution in [-0.2, 0) is 4.79 Å². The predicted molar refractivity (Wildman–Crippen MR) is 84.6 cm³/mol. The quantitative estimate of drug-likeness (QED) is 0.736. The summed E-state index contributed by atoms with van der Waals surface area (Å²) in [6, 6.07) is 10.6. The van der Waals surface area contributed by atoms with E-state index in [9.17, 15) is 4.79 Å². The van der Waals surface area contributed by atoms with E-state index in [1.54, 1.807) is 36.5 Å². The van der Waals surface area contributed by atoms with Crippen molar-refractivity contribution in [2.75, 3.05) is 11.2 Å². The van der Waals surface area contributed by atoms with Gasteiger partial charge in [0.25, 0.3) is 0 Å². The molecule has 6 heteroatoms. The van der Waals surface area contributed by atoms with Gasteiger partial charge in [0, 0.05) is 30.1 Å². The fourth-order valence-electron chi connectivity index (χ4n) is 2.07. The number of aryl methyl sites for hydroxylation is 1. The topological polar surface area (TPSA) is 64.4 Å². The van der Waals surface area contributed by atoms with Gasteiger partial charge in [-0.3, -0.25) is 9.78 Å². The second-order valence-corrected chi connectivity index (χ2v) is 4.96. The van der Waals surface area contributed by atoms with E-state index in [4.69, 9.17) is 20.8 Å². The molecule has 0 atom stereocenters. The second kappa shape index (κ2) is 6.07. The van der Waals surface area contributed by atoms with Crippen LogP contribution in [0.1, 0.15) is 5.76 Å². The van der Waals surface area contributed by atoms with Crippen LogP contribution in [0.3, 0.4) is 0 Å². The molecule has 3 rings (SSSR count). The van der Waals surface area contributed by atoms with Gasteiger partial charge >= 0.3 is 0 Å². The number of furan rings is 1. The smallest absolute Gasteiger partial charge is 0.239 e. The van der Waals surface area contributed by atoms with Gasteiger partial charge in [0.05, 0.1) is 0 Å². The van der Waals surface area contributed by atoms with Crippen LogP contribution in [0.2, 0.25) is 0 Å². The number of carbonyl (C=O) groups is 1. The highest BCUT2D eigenvalue weighted by Crippen LogP contribution is 2.31. The van der Waals surface area contributed by atoms with Gasteiger partial charge in [0.1, 0.15) is 22.9 Å². The SMILES string of the molecule is Cc1cc2nccc(Oc3cccc(NC(=O)CCl)c3)c2o1. The lowest BCUT2D eigenvalue weighted by molar-refractivity contribution is -0.113. The monoisotopic (exact) mass is 316 g/mol. The van der Waals surface area contributed by atoms with E-state index in [2.05, 4.69) is 10.3 Å². The Hall–Kier alpha value is -2.53. The molecule has 22 heavy (non-hydrogen) atoms. The van der Waals surface area contributed by atoms with Crippen LogP contribution in [0, 0.1) is 6.92 Å². The summed E-state index contributed by atoms with van der Waals surface area (Å²) in [7, 11) is 0. The Kier molecular flexibility index (Phi) is 3.98. The summed E-state index contributed by atoms with van der Waals surface area (Å²) in [5.74, 6) is 1.54. The van der Waals surface area contributed by atoms with E-state index in [1.165, 1.54) is 0 Å². The molecule has 5 nitrogen and oxygen atoms in total. The Bertz CT molecular complexity index is 829. The van der Waals surface area contributed by atoms with Gasteiger partial charge in [-0.25, -0.2) is 0 Å². The average molecular weight is 317 g/mol. The summed E-state index contributed by atoms with van der Waals surface area (Å²) in [4.78, 5) is 15.5. The van der Waals surface area contributed by atoms with Crippen LogP contribution in [0.25, 0.3) is 11.1 Å². The van der Waals surface area contributed by atoms with Gasteiger partial charge < -0.3 is 14.5 Å². The zero-order valence-electron chi connectivity index (χ0n) is 11.8. The Morgan fingerprint density at radius 3 is 3.05 bits per heavy atom. The van der Waals surface area contributed by atoms with Crippen LogP contribution in [-0.4, -0.2) is 16.8 Å². The molecular weight excluding hydrogens is 304 g/mol. The number of fused-ring (bicyclic) bond motifs is 1. The molecule has 0 aliphatic carbocycles. The third-order valence-electron chi connectivity index (χ3n) is 2.97. The molecule has 0 radical (unpaired) electrons. The van der Waals surface area contributed by atoms with Crippen LogP contribution in [0.15, 0.2) is 47.0 Å². The summed E-state index contributed by atoms with van der Waals surface area (Å²) < 4.78 is 11.5. The minimum absolute atomic E-state index is 0.0955. The van der Waals surface area contributed by atoms with Crippen LogP contribution in [0.5, 0.6) is 11.5 Å². The lowest BCUT2D eigenvalue weighted by Crippen LogP contribution is -2.12. The van der Waals surface area contributed by atoms with Gasteiger partial charge in [0.2, 0.25) is 5.91 Å². The van der Waals surface area contributed by atoms with Gasteiger partial charge in [0.15, 0.2) is 11.3 Å². The molecule has 0 aliphatic heterocycles. The number of ether oxygens (including phenoxy) is 1. The number of hydrogen-bond donors (Lipinski definition) is 1. The van der Waals surface area contributed by atoms with Crippen molar-refractivity contribution in [2.24, 2.45) is 0 Å². The van der Waals surface area contributed by atoms with Crippen molar-refractivity contribution in [1.29, 1.82) is 0 Å². The maximum absolute atomic E-state index is 11.3. The summed E-state index contributed by atoms with van der Waals surface area (Å²) in [5, 5.41) is 2.67. The molecule has 0 fully saturated rings. The van der Waals surface area contributed by atoms with Crippen molar-refractivity contribution < 1.29 is 13.9 Å². The maximum Gasteiger partial charge on any atom is 0.239 e. The summed E-state index contributed by atoms with van der Waals surface area (Å²) in [5.41, 5.74) is 1.95. The first-order valence-corrected chi connectivity index (χ1v) is 7.18. The van der Waals surface area contributed by atoms with E-state index < -0.39 is 0 Å². The molecule has 0 bridgehead atoms. The number of nitrogens with zero attached hydrogens (tertiary/aromatic N) is 1. The highest BCUT2D eigenvalue weighted by molar-refractivity contribution is 6.29. The van der Waals surface area contributed by atoms with E-state index in [1.807, 2.05) is 13.0 Å². The summed E-state index contributed by atoms with van der Waals surface area (Å²) in [6.07, 6.45) is 1.66. The lowest BCUT2D eigenvalue weighted by Gasteiger charge is -2.08. The molecule has 2 heterocycles. The highest BCUT2D eigenvalue weighted by atomic mass is 35.5. The molecule has 1 aromatic carbocycles. The first-order chi connectivity index (χ1) is 10.7. The third-order valence-corrected chi connectivity index (χ3v) is 3.21. The van der Waals surface area contributed by atoms with Crippen LogP contribution >= 0.6 is 11.6 Å². The van der Waals surface area contributed by atoms with E-state index >= 15 is 0 Å². The Morgan fingerprint density at radius 1 is 1.36 bits per heavy atom. The highest BCUT2D eigenvalue weighted by Gasteiger charge is 2.10. The number of carbonyl (C=O) groups excluding carboxylic acids is 1. The van der Waals surface area contributed by atoms with E-state index in [-0.39, 0.29) is 11.8 Å². The standard InChI is InChI=1S/C16H13ClN2O3/c1-10-7-13-16(21-10)14(5-6-18-13)22-12-4-2-3-11(8-12)19-15(20)9-17/h2-8H,9H2,1H3,(H,19,20). The van der Waals surface area contributed by atoms with Gasteiger partial charge in [-0.1, -0.05) is 6.07 Å². The molecule has 0 unspecified atom stereocenters. The third kappa shape index (κ3) is 3.04. The number of pyridine rings is 1. The maximum atomic E-state index is 11.3. The van der Waals surface area contributed by atoms with Crippen LogP contribution < -0.4 is 10.1 Å². The van der Waals surface area contributed by atoms with E-state index in [0.29, 0.717) is 22.8 Å². The number of rotatable bonds is 4. The van der Waals surface area contributed by atoms with Gasteiger partial charge in [-0.2, -0.15) is 0 Å². The van der Waals surface area contributed by atoms with E-state index in [0.717, 1.165) is 11.3 Å². The Labute approximate surface area is 131 Å². The number of benzene rings is 1. The Morgan fingerprint density at radius 2 is 2.23 bits per heavy atom. The summed E-state index contributed by atoms with van der Waals surface area (Å²) >= 11 is 5.48. The molecule has 3 aromatic rings.